The summed E-state index contributed by atoms with van der Waals surface area (Å²) >= 11 is 7.09. The molecule has 0 bridgehead atoms. The zero-order valence-electron chi connectivity index (χ0n) is 13.0. The van der Waals surface area contributed by atoms with Gasteiger partial charge in [-0.15, -0.1) is 11.8 Å². The Bertz CT molecular complexity index is 673. The third-order valence-electron chi connectivity index (χ3n) is 3.17. The Morgan fingerprint density at radius 1 is 1.13 bits per heavy atom. The first-order chi connectivity index (χ1) is 11.2. The fourth-order valence-electron chi connectivity index (χ4n) is 1.94. The molecule has 0 heterocycles. The van der Waals surface area contributed by atoms with Crippen LogP contribution in [-0.2, 0) is 6.42 Å². The summed E-state index contributed by atoms with van der Waals surface area (Å²) < 4.78 is 0. The Hall–Kier alpha value is -2.03. The van der Waals surface area contributed by atoms with Crippen molar-refractivity contribution in [2.45, 2.75) is 18.2 Å². The lowest BCUT2D eigenvalue weighted by atomic mass is 10.1. The standard InChI is InChI=1S/C18H19N3S2/c1-14-2-8-17(9-3-14)23-13-12-20-18(22)21-16-6-4-15(5-7-16)10-11-19/h2-9H,10,12-13H2,1H3,(H2,20,21,22). The van der Waals surface area contributed by atoms with E-state index < -0.39 is 0 Å². The highest BCUT2D eigenvalue weighted by atomic mass is 32.2. The third kappa shape index (κ3) is 6.31. The predicted octanol–water partition coefficient (Wildman–Crippen LogP) is 4.14. The predicted molar refractivity (Wildman–Crippen MR) is 102 cm³/mol. The maximum atomic E-state index is 8.65. The number of nitriles is 1. The molecule has 2 aromatic rings. The van der Waals surface area contributed by atoms with Gasteiger partial charge in [-0.3, -0.25) is 0 Å². The van der Waals surface area contributed by atoms with Gasteiger partial charge in [-0.1, -0.05) is 29.8 Å². The SMILES string of the molecule is Cc1ccc(SCCNC(=S)Nc2ccc(CC#N)cc2)cc1. The van der Waals surface area contributed by atoms with E-state index in [1.165, 1.54) is 10.5 Å². The largest absolute Gasteiger partial charge is 0.362 e. The number of nitrogens with zero attached hydrogens (tertiary/aromatic N) is 1. The molecule has 2 aromatic carbocycles. The summed E-state index contributed by atoms with van der Waals surface area (Å²) in [5.41, 5.74) is 3.21. The lowest BCUT2D eigenvalue weighted by Crippen LogP contribution is -2.30. The maximum absolute atomic E-state index is 8.65. The van der Waals surface area contributed by atoms with Gasteiger partial charge in [-0.25, -0.2) is 0 Å². The Kier molecular flexibility index (Phi) is 6.92. The summed E-state index contributed by atoms with van der Waals surface area (Å²) in [6.07, 6.45) is 0.430. The van der Waals surface area contributed by atoms with E-state index in [1.54, 1.807) is 11.8 Å². The van der Waals surface area contributed by atoms with Gasteiger partial charge >= 0.3 is 0 Å². The molecule has 0 saturated carbocycles. The average molecular weight is 342 g/mol. The van der Waals surface area contributed by atoms with Crippen LogP contribution < -0.4 is 10.6 Å². The van der Waals surface area contributed by atoms with Crippen molar-refractivity contribution >= 4 is 34.8 Å². The second kappa shape index (κ2) is 9.19. The van der Waals surface area contributed by atoms with Gasteiger partial charge in [0, 0.05) is 22.9 Å². The molecule has 2 N–H and O–H groups in total. The zero-order valence-corrected chi connectivity index (χ0v) is 14.6. The minimum Gasteiger partial charge on any atom is -0.362 e. The fraction of sp³-hybridized carbons (Fsp3) is 0.222. The van der Waals surface area contributed by atoms with Gasteiger partial charge in [0.2, 0.25) is 0 Å². The highest BCUT2D eigenvalue weighted by Crippen LogP contribution is 2.17. The van der Waals surface area contributed by atoms with E-state index in [0.29, 0.717) is 11.5 Å². The first kappa shape index (κ1) is 17.3. The summed E-state index contributed by atoms with van der Waals surface area (Å²) in [6, 6.07) is 18.4. The van der Waals surface area contributed by atoms with Crippen molar-refractivity contribution in [2.24, 2.45) is 0 Å². The Labute approximate surface area is 147 Å². The van der Waals surface area contributed by atoms with E-state index >= 15 is 0 Å². The number of thiocarbonyl (C=S) groups is 1. The molecule has 0 atom stereocenters. The number of aryl methyl sites for hydroxylation is 1. The lowest BCUT2D eigenvalue weighted by Gasteiger charge is -2.10. The van der Waals surface area contributed by atoms with Gasteiger partial charge in [0.25, 0.3) is 0 Å². The minimum absolute atomic E-state index is 0.430. The van der Waals surface area contributed by atoms with Crippen LogP contribution in [0.2, 0.25) is 0 Å². The molecule has 0 spiro atoms. The number of nitrogens with one attached hydrogen (secondary N) is 2. The number of hydrogen-bond acceptors (Lipinski definition) is 3. The van der Waals surface area contributed by atoms with Crippen LogP contribution in [0.25, 0.3) is 0 Å². The van der Waals surface area contributed by atoms with Crippen LogP contribution in [0.1, 0.15) is 11.1 Å². The van der Waals surface area contributed by atoms with Crippen molar-refractivity contribution < 1.29 is 0 Å². The summed E-state index contributed by atoms with van der Waals surface area (Å²) in [5.74, 6) is 0.950. The van der Waals surface area contributed by atoms with Gasteiger partial charge in [-0.05, 0) is 49.0 Å². The molecule has 5 heteroatoms. The highest BCUT2D eigenvalue weighted by Gasteiger charge is 1.99. The topological polar surface area (TPSA) is 47.8 Å². The molecular formula is C18H19N3S2. The summed E-state index contributed by atoms with van der Waals surface area (Å²) in [4.78, 5) is 1.27. The summed E-state index contributed by atoms with van der Waals surface area (Å²) in [6.45, 7) is 2.89. The zero-order chi connectivity index (χ0) is 16.5. The van der Waals surface area contributed by atoms with Crippen molar-refractivity contribution in [1.29, 1.82) is 5.26 Å². The number of anilines is 1. The van der Waals surface area contributed by atoms with Crippen molar-refractivity contribution in [1.82, 2.24) is 5.32 Å². The molecule has 0 aromatic heterocycles. The van der Waals surface area contributed by atoms with Crippen LogP contribution in [0.5, 0.6) is 0 Å². The van der Waals surface area contributed by atoms with Crippen LogP contribution in [0.15, 0.2) is 53.4 Å². The number of hydrogen-bond donors (Lipinski definition) is 2. The van der Waals surface area contributed by atoms with Crippen LogP contribution in [-0.4, -0.2) is 17.4 Å². The summed E-state index contributed by atoms with van der Waals surface area (Å²) in [5, 5.41) is 15.6. The van der Waals surface area contributed by atoms with Gasteiger partial charge < -0.3 is 10.6 Å². The van der Waals surface area contributed by atoms with Crippen molar-refractivity contribution in [3.05, 3.63) is 59.7 Å². The van der Waals surface area contributed by atoms with Gasteiger partial charge in [0.1, 0.15) is 0 Å². The van der Waals surface area contributed by atoms with Gasteiger partial charge in [0.15, 0.2) is 5.11 Å². The van der Waals surface area contributed by atoms with E-state index in [4.69, 9.17) is 17.5 Å². The van der Waals surface area contributed by atoms with E-state index in [1.807, 2.05) is 24.3 Å². The number of benzene rings is 2. The minimum atomic E-state index is 0.430. The molecule has 3 nitrogen and oxygen atoms in total. The molecule has 118 valence electrons. The molecule has 0 fully saturated rings. The van der Waals surface area contributed by atoms with Crippen molar-refractivity contribution in [2.75, 3.05) is 17.6 Å². The van der Waals surface area contributed by atoms with Crippen LogP contribution in [0, 0.1) is 18.3 Å². The van der Waals surface area contributed by atoms with E-state index in [0.717, 1.165) is 23.5 Å². The second-order valence-corrected chi connectivity index (χ2v) is 6.65. The summed E-state index contributed by atoms with van der Waals surface area (Å²) in [7, 11) is 0. The number of thioether (sulfide) groups is 1. The number of rotatable bonds is 6. The first-order valence-corrected chi connectivity index (χ1v) is 8.77. The smallest absolute Gasteiger partial charge is 0.170 e. The molecule has 2 rings (SSSR count). The molecule has 0 aliphatic rings. The van der Waals surface area contributed by atoms with Crippen LogP contribution in [0.3, 0.4) is 0 Å². The van der Waals surface area contributed by atoms with E-state index in [9.17, 15) is 0 Å². The maximum Gasteiger partial charge on any atom is 0.170 e. The molecule has 0 amide bonds. The Morgan fingerprint density at radius 2 is 1.83 bits per heavy atom. The van der Waals surface area contributed by atoms with Crippen LogP contribution >= 0.6 is 24.0 Å². The molecule has 0 aliphatic heterocycles. The lowest BCUT2D eigenvalue weighted by molar-refractivity contribution is 0.990. The third-order valence-corrected chi connectivity index (χ3v) is 4.43. The molecule has 0 unspecified atom stereocenters. The second-order valence-electron chi connectivity index (χ2n) is 5.07. The molecule has 0 radical (unpaired) electrons. The van der Waals surface area contributed by atoms with E-state index in [2.05, 4.69) is 47.9 Å². The molecule has 0 saturated heterocycles. The molecule has 23 heavy (non-hydrogen) atoms. The van der Waals surface area contributed by atoms with Crippen LogP contribution in [0.4, 0.5) is 5.69 Å². The van der Waals surface area contributed by atoms with Gasteiger partial charge in [0.05, 0.1) is 12.5 Å². The fourth-order valence-corrected chi connectivity index (χ4v) is 2.93. The average Bonchev–Trinajstić information content (AvgIpc) is 2.55. The molecule has 0 aliphatic carbocycles. The normalized spacial score (nSPS) is 9.91. The monoisotopic (exact) mass is 341 g/mol. The van der Waals surface area contributed by atoms with Gasteiger partial charge in [-0.2, -0.15) is 5.26 Å². The highest BCUT2D eigenvalue weighted by molar-refractivity contribution is 7.99. The first-order valence-electron chi connectivity index (χ1n) is 7.37. The quantitative estimate of drug-likeness (QED) is 0.470. The molecular weight excluding hydrogens is 322 g/mol. The van der Waals surface area contributed by atoms with Crippen molar-refractivity contribution in [3.63, 3.8) is 0 Å². The Morgan fingerprint density at radius 3 is 2.48 bits per heavy atom. The Balaban J connectivity index is 1.68. The van der Waals surface area contributed by atoms with E-state index in [-0.39, 0.29) is 0 Å². The van der Waals surface area contributed by atoms with Crippen molar-refractivity contribution in [3.8, 4) is 6.07 Å².